The van der Waals surface area contributed by atoms with Crippen LogP contribution in [0.25, 0.3) is 0 Å². The number of rotatable bonds is 3. The van der Waals surface area contributed by atoms with E-state index in [0.29, 0.717) is 12.8 Å². The van der Waals surface area contributed by atoms with Crippen LogP contribution in [0.4, 0.5) is 0 Å². The summed E-state index contributed by atoms with van der Waals surface area (Å²) < 4.78 is 0. The fourth-order valence-electron chi connectivity index (χ4n) is 1.08. The summed E-state index contributed by atoms with van der Waals surface area (Å²) >= 11 is 0. The minimum atomic E-state index is -1.41. The van der Waals surface area contributed by atoms with E-state index in [1.54, 1.807) is 0 Å². The molecule has 0 radical (unpaired) electrons. The molecule has 0 aromatic carbocycles. The second-order valence-corrected chi connectivity index (χ2v) is 9.41. The van der Waals surface area contributed by atoms with E-state index < -0.39 is 13.7 Å². The predicted octanol–water partition coefficient (Wildman–Crippen LogP) is 2.42. The molecule has 1 N–H and O–H groups in total. The second kappa shape index (κ2) is 5.25. The number of hydrogen-bond donors (Lipinski definition) is 1. The van der Waals surface area contributed by atoms with Crippen LogP contribution < -0.4 is 0 Å². The van der Waals surface area contributed by atoms with Gasteiger partial charge in [-0.15, -0.1) is 17.9 Å². The standard InChI is InChI=1S/C12H20OSi/c1-6-8-12(13,9-7-2)10-11-14(3,4)5/h1,13H,7-9H2,2-5H3. The van der Waals surface area contributed by atoms with Crippen LogP contribution in [0.15, 0.2) is 0 Å². The van der Waals surface area contributed by atoms with Crippen molar-refractivity contribution < 1.29 is 5.11 Å². The van der Waals surface area contributed by atoms with E-state index in [2.05, 4.69) is 37.0 Å². The average molecular weight is 208 g/mol. The van der Waals surface area contributed by atoms with Crippen molar-refractivity contribution in [1.82, 2.24) is 0 Å². The Hall–Kier alpha value is -0.703. The van der Waals surface area contributed by atoms with Gasteiger partial charge in [-0.2, -0.15) is 0 Å². The first-order chi connectivity index (χ1) is 6.33. The molecule has 14 heavy (non-hydrogen) atoms. The molecule has 0 saturated carbocycles. The summed E-state index contributed by atoms with van der Waals surface area (Å²) in [5.74, 6) is 5.45. The molecule has 0 spiro atoms. The Bertz CT molecular complexity index is 271. The third-order valence-electron chi connectivity index (χ3n) is 1.73. The Morgan fingerprint density at radius 3 is 2.29 bits per heavy atom. The van der Waals surface area contributed by atoms with Crippen molar-refractivity contribution in [2.45, 2.75) is 51.4 Å². The van der Waals surface area contributed by atoms with Crippen molar-refractivity contribution in [2.24, 2.45) is 0 Å². The summed E-state index contributed by atoms with van der Waals surface area (Å²) in [7, 11) is -1.41. The maximum atomic E-state index is 10.1. The lowest BCUT2D eigenvalue weighted by molar-refractivity contribution is 0.0965. The van der Waals surface area contributed by atoms with Crippen LogP contribution in [0, 0.1) is 23.8 Å². The first kappa shape index (κ1) is 13.3. The van der Waals surface area contributed by atoms with Crippen LogP contribution in [0.2, 0.25) is 19.6 Å². The molecule has 0 aromatic rings. The molecular weight excluding hydrogens is 188 g/mol. The molecule has 0 bridgehead atoms. The topological polar surface area (TPSA) is 20.2 Å². The molecule has 0 rings (SSSR count). The Morgan fingerprint density at radius 1 is 1.36 bits per heavy atom. The van der Waals surface area contributed by atoms with Gasteiger partial charge in [0.2, 0.25) is 0 Å². The molecule has 1 nitrogen and oxygen atoms in total. The van der Waals surface area contributed by atoms with Gasteiger partial charge in [-0.1, -0.05) is 38.9 Å². The maximum Gasteiger partial charge on any atom is 0.135 e. The van der Waals surface area contributed by atoms with Crippen LogP contribution in [-0.4, -0.2) is 18.8 Å². The monoisotopic (exact) mass is 208 g/mol. The Labute approximate surface area is 88.9 Å². The van der Waals surface area contributed by atoms with Gasteiger partial charge in [0.25, 0.3) is 0 Å². The van der Waals surface area contributed by atoms with E-state index in [4.69, 9.17) is 6.42 Å². The third kappa shape index (κ3) is 5.86. The van der Waals surface area contributed by atoms with E-state index in [1.807, 2.05) is 6.92 Å². The van der Waals surface area contributed by atoms with E-state index in [0.717, 1.165) is 6.42 Å². The smallest absolute Gasteiger partial charge is 0.135 e. The van der Waals surface area contributed by atoms with Crippen molar-refractivity contribution in [3.63, 3.8) is 0 Å². The second-order valence-electron chi connectivity index (χ2n) is 4.66. The van der Waals surface area contributed by atoms with Crippen molar-refractivity contribution in [1.29, 1.82) is 0 Å². The van der Waals surface area contributed by atoms with Gasteiger partial charge in [-0.3, -0.25) is 0 Å². The van der Waals surface area contributed by atoms with Crippen molar-refractivity contribution in [3.05, 3.63) is 0 Å². The van der Waals surface area contributed by atoms with Gasteiger partial charge in [0.15, 0.2) is 0 Å². The predicted molar refractivity (Wildman–Crippen MR) is 64.4 cm³/mol. The Morgan fingerprint density at radius 2 is 1.93 bits per heavy atom. The molecule has 0 heterocycles. The first-order valence-corrected chi connectivity index (χ1v) is 8.53. The van der Waals surface area contributed by atoms with Gasteiger partial charge in [-0.05, 0) is 6.42 Å². The van der Waals surface area contributed by atoms with Gasteiger partial charge in [0.1, 0.15) is 13.7 Å². The quantitative estimate of drug-likeness (QED) is 0.558. The molecule has 0 aliphatic rings. The van der Waals surface area contributed by atoms with Crippen molar-refractivity contribution in [2.75, 3.05) is 0 Å². The fourth-order valence-corrected chi connectivity index (χ4v) is 1.69. The zero-order chi connectivity index (χ0) is 11.2. The Kier molecular flexibility index (Phi) is 4.98. The van der Waals surface area contributed by atoms with Gasteiger partial charge in [-0.25, -0.2) is 0 Å². The molecule has 1 unspecified atom stereocenters. The van der Waals surface area contributed by atoms with Crippen molar-refractivity contribution >= 4 is 8.07 Å². The molecule has 1 atom stereocenters. The van der Waals surface area contributed by atoms with Crippen LogP contribution in [-0.2, 0) is 0 Å². The summed E-state index contributed by atoms with van der Waals surface area (Å²) in [4.78, 5) is 0. The lowest BCUT2D eigenvalue weighted by atomic mass is 9.96. The highest BCUT2D eigenvalue weighted by Gasteiger charge is 2.22. The molecule has 78 valence electrons. The van der Waals surface area contributed by atoms with E-state index in [-0.39, 0.29) is 0 Å². The SMILES string of the molecule is C#CCC(O)(C#C[Si](C)(C)C)CCC. The van der Waals surface area contributed by atoms with Crippen LogP contribution in [0.1, 0.15) is 26.2 Å². The summed E-state index contributed by atoms with van der Waals surface area (Å²) in [5, 5.41) is 10.1. The van der Waals surface area contributed by atoms with Crippen LogP contribution >= 0.6 is 0 Å². The maximum absolute atomic E-state index is 10.1. The van der Waals surface area contributed by atoms with Gasteiger partial charge < -0.3 is 5.11 Å². The largest absolute Gasteiger partial charge is 0.377 e. The van der Waals surface area contributed by atoms with E-state index in [9.17, 15) is 5.11 Å². The molecule has 0 saturated heterocycles. The zero-order valence-corrected chi connectivity index (χ0v) is 10.6. The third-order valence-corrected chi connectivity index (χ3v) is 2.60. The van der Waals surface area contributed by atoms with Gasteiger partial charge in [0.05, 0.1) is 0 Å². The first-order valence-electron chi connectivity index (χ1n) is 5.03. The number of aliphatic hydroxyl groups is 1. The normalized spacial score (nSPS) is 14.9. The molecule has 0 fully saturated rings. The lowest BCUT2D eigenvalue weighted by Gasteiger charge is -2.19. The van der Waals surface area contributed by atoms with Gasteiger partial charge >= 0.3 is 0 Å². The van der Waals surface area contributed by atoms with Crippen molar-refractivity contribution in [3.8, 4) is 23.8 Å². The highest BCUT2D eigenvalue weighted by atomic mass is 28.3. The minimum Gasteiger partial charge on any atom is -0.377 e. The summed E-state index contributed by atoms with van der Waals surface area (Å²) in [5.41, 5.74) is 2.22. The van der Waals surface area contributed by atoms with Gasteiger partial charge in [0, 0.05) is 6.42 Å². The molecule has 0 aliphatic carbocycles. The van der Waals surface area contributed by atoms with E-state index >= 15 is 0 Å². The van der Waals surface area contributed by atoms with Crippen LogP contribution in [0.3, 0.4) is 0 Å². The lowest BCUT2D eigenvalue weighted by Crippen LogP contribution is -2.27. The average Bonchev–Trinajstić information content (AvgIpc) is 2.01. The summed E-state index contributed by atoms with van der Waals surface area (Å²) in [6, 6.07) is 0. The summed E-state index contributed by atoms with van der Waals surface area (Å²) in [6.07, 6.45) is 7.11. The summed E-state index contributed by atoms with van der Waals surface area (Å²) in [6.45, 7) is 8.49. The highest BCUT2D eigenvalue weighted by Crippen LogP contribution is 2.16. The minimum absolute atomic E-state index is 0.332. The van der Waals surface area contributed by atoms with Crippen LogP contribution in [0.5, 0.6) is 0 Å². The molecule has 0 aliphatic heterocycles. The molecule has 0 amide bonds. The highest BCUT2D eigenvalue weighted by molar-refractivity contribution is 6.83. The molecular formula is C12H20OSi. The molecule has 0 aromatic heterocycles. The van der Waals surface area contributed by atoms with E-state index in [1.165, 1.54) is 0 Å². The molecule has 2 heteroatoms. The number of hydrogen-bond acceptors (Lipinski definition) is 1. The Balaban J connectivity index is 4.66. The number of terminal acetylenes is 1. The zero-order valence-electron chi connectivity index (χ0n) is 9.65. The fraction of sp³-hybridized carbons (Fsp3) is 0.667.